The predicted molar refractivity (Wildman–Crippen MR) is 76.1 cm³/mol. The van der Waals surface area contributed by atoms with Crippen LogP contribution in [-0.2, 0) is 4.74 Å². The van der Waals surface area contributed by atoms with E-state index >= 15 is 0 Å². The van der Waals surface area contributed by atoms with E-state index in [0.717, 1.165) is 10.2 Å². The standard InChI is InChI=1S/C12H23BrN4O/c1-8(2)17-11(9(13)6-15-17)10(16-14)7-18-12(3,4)5/h6,8,10,16H,7,14H2,1-5H3. The van der Waals surface area contributed by atoms with Crippen LogP contribution in [0.1, 0.15) is 52.4 Å². The molecule has 0 bridgehead atoms. The summed E-state index contributed by atoms with van der Waals surface area (Å²) in [6, 6.07) is 0.181. The molecule has 0 saturated heterocycles. The van der Waals surface area contributed by atoms with Crippen LogP contribution in [-0.4, -0.2) is 22.0 Å². The van der Waals surface area contributed by atoms with Gasteiger partial charge >= 0.3 is 0 Å². The van der Waals surface area contributed by atoms with Crippen LogP contribution < -0.4 is 11.3 Å². The number of hydrogen-bond donors (Lipinski definition) is 2. The van der Waals surface area contributed by atoms with Gasteiger partial charge in [-0.2, -0.15) is 5.10 Å². The minimum absolute atomic E-state index is 0.0940. The third kappa shape index (κ3) is 4.05. The summed E-state index contributed by atoms with van der Waals surface area (Å²) >= 11 is 3.51. The molecule has 0 aliphatic rings. The predicted octanol–water partition coefficient (Wildman–Crippen LogP) is 2.55. The van der Waals surface area contributed by atoms with Gasteiger partial charge in [0.15, 0.2) is 0 Å². The number of hydrazine groups is 1. The Labute approximate surface area is 117 Å². The van der Waals surface area contributed by atoms with Crippen molar-refractivity contribution in [2.75, 3.05) is 6.61 Å². The minimum Gasteiger partial charge on any atom is -0.374 e. The van der Waals surface area contributed by atoms with E-state index in [2.05, 4.69) is 40.3 Å². The fourth-order valence-electron chi connectivity index (χ4n) is 1.63. The number of nitrogens with two attached hydrogens (primary N) is 1. The average molecular weight is 319 g/mol. The van der Waals surface area contributed by atoms with Crippen LogP contribution >= 0.6 is 15.9 Å². The Bertz CT molecular complexity index is 384. The van der Waals surface area contributed by atoms with E-state index < -0.39 is 0 Å². The van der Waals surface area contributed by atoms with Crippen LogP contribution in [0.2, 0.25) is 0 Å². The normalized spacial score (nSPS) is 14.2. The summed E-state index contributed by atoms with van der Waals surface area (Å²) < 4.78 is 8.68. The van der Waals surface area contributed by atoms with Crippen molar-refractivity contribution in [3.8, 4) is 0 Å². The summed E-state index contributed by atoms with van der Waals surface area (Å²) in [5.41, 5.74) is 3.62. The molecule has 0 aliphatic carbocycles. The van der Waals surface area contributed by atoms with Crippen LogP contribution in [0, 0.1) is 0 Å². The maximum absolute atomic E-state index is 5.79. The zero-order chi connectivity index (χ0) is 13.9. The van der Waals surface area contributed by atoms with Crippen molar-refractivity contribution in [2.24, 2.45) is 5.84 Å². The molecule has 0 radical (unpaired) electrons. The van der Waals surface area contributed by atoms with Crippen molar-refractivity contribution < 1.29 is 4.74 Å². The van der Waals surface area contributed by atoms with Gasteiger partial charge in [0.05, 0.1) is 34.6 Å². The molecule has 0 amide bonds. The smallest absolute Gasteiger partial charge is 0.0874 e. The molecule has 1 aromatic rings. The lowest BCUT2D eigenvalue weighted by Crippen LogP contribution is -2.36. The quantitative estimate of drug-likeness (QED) is 0.647. The van der Waals surface area contributed by atoms with Crippen LogP contribution in [0.15, 0.2) is 10.7 Å². The van der Waals surface area contributed by atoms with Gasteiger partial charge in [0, 0.05) is 6.04 Å². The van der Waals surface area contributed by atoms with Crippen molar-refractivity contribution in [3.05, 3.63) is 16.4 Å². The fraction of sp³-hybridized carbons (Fsp3) is 0.750. The number of aromatic nitrogens is 2. The molecule has 6 heteroatoms. The largest absolute Gasteiger partial charge is 0.374 e. The van der Waals surface area contributed by atoms with Gasteiger partial charge < -0.3 is 4.74 Å². The molecule has 1 unspecified atom stereocenters. The van der Waals surface area contributed by atoms with Gasteiger partial charge in [-0.3, -0.25) is 10.5 Å². The lowest BCUT2D eigenvalue weighted by molar-refractivity contribution is -0.0160. The molecule has 0 spiro atoms. The lowest BCUT2D eigenvalue weighted by atomic mass is 10.1. The Morgan fingerprint density at radius 1 is 1.50 bits per heavy atom. The Morgan fingerprint density at radius 3 is 2.56 bits per heavy atom. The average Bonchev–Trinajstić information content (AvgIpc) is 2.60. The van der Waals surface area contributed by atoms with Gasteiger partial charge in [-0.15, -0.1) is 0 Å². The first-order chi connectivity index (χ1) is 8.26. The molecule has 0 aromatic carbocycles. The Morgan fingerprint density at radius 2 is 2.11 bits per heavy atom. The van der Waals surface area contributed by atoms with Crippen molar-refractivity contribution >= 4 is 15.9 Å². The van der Waals surface area contributed by atoms with Crippen molar-refractivity contribution in [2.45, 2.75) is 52.3 Å². The van der Waals surface area contributed by atoms with Gasteiger partial charge in [-0.05, 0) is 50.5 Å². The molecule has 5 nitrogen and oxygen atoms in total. The summed E-state index contributed by atoms with van der Waals surface area (Å²) in [4.78, 5) is 0. The molecule has 3 N–H and O–H groups in total. The van der Waals surface area contributed by atoms with E-state index in [1.807, 2.05) is 25.5 Å². The first kappa shape index (κ1) is 15.6. The SMILES string of the molecule is CC(C)n1ncc(Br)c1C(COC(C)(C)C)NN. The molecule has 0 saturated carbocycles. The van der Waals surface area contributed by atoms with E-state index in [0.29, 0.717) is 6.61 Å². The highest BCUT2D eigenvalue weighted by Gasteiger charge is 2.23. The first-order valence-corrected chi connectivity index (χ1v) is 6.88. The van der Waals surface area contributed by atoms with Crippen LogP contribution in [0.3, 0.4) is 0 Å². The first-order valence-electron chi connectivity index (χ1n) is 6.09. The second-order valence-corrected chi connectivity index (χ2v) is 6.41. The van der Waals surface area contributed by atoms with Crippen molar-refractivity contribution in [1.82, 2.24) is 15.2 Å². The lowest BCUT2D eigenvalue weighted by Gasteiger charge is -2.25. The Kier molecular flexibility index (Phi) is 5.33. The number of nitrogens with zero attached hydrogens (tertiary/aromatic N) is 2. The molecule has 104 valence electrons. The molecule has 1 rings (SSSR count). The van der Waals surface area contributed by atoms with E-state index in [9.17, 15) is 0 Å². The highest BCUT2D eigenvalue weighted by molar-refractivity contribution is 9.10. The van der Waals surface area contributed by atoms with E-state index in [1.54, 1.807) is 6.20 Å². The molecular formula is C12H23BrN4O. The zero-order valence-electron chi connectivity index (χ0n) is 11.7. The van der Waals surface area contributed by atoms with E-state index in [1.165, 1.54) is 0 Å². The monoisotopic (exact) mass is 318 g/mol. The van der Waals surface area contributed by atoms with E-state index in [4.69, 9.17) is 10.6 Å². The molecule has 0 fully saturated rings. The van der Waals surface area contributed by atoms with Crippen LogP contribution in [0.4, 0.5) is 0 Å². The zero-order valence-corrected chi connectivity index (χ0v) is 13.3. The Balaban J connectivity index is 2.91. The van der Waals surface area contributed by atoms with Crippen LogP contribution in [0.25, 0.3) is 0 Å². The molecular weight excluding hydrogens is 296 g/mol. The fourth-order valence-corrected chi connectivity index (χ4v) is 2.18. The van der Waals surface area contributed by atoms with Crippen LogP contribution in [0.5, 0.6) is 0 Å². The highest BCUT2D eigenvalue weighted by Crippen LogP contribution is 2.26. The summed E-state index contributed by atoms with van der Waals surface area (Å²) in [5, 5.41) is 4.35. The van der Waals surface area contributed by atoms with Gasteiger partial charge in [-0.25, -0.2) is 5.43 Å². The Hall–Kier alpha value is -0.430. The number of rotatable bonds is 5. The van der Waals surface area contributed by atoms with Gasteiger partial charge in [0.25, 0.3) is 0 Å². The number of halogens is 1. The summed E-state index contributed by atoms with van der Waals surface area (Å²) in [6.07, 6.45) is 1.79. The van der Waals surface area contributed by atoms with Crippen molar-refractivity contribution in [1.29, 1.82) is 0 Å². The highest BCUT2D eigenvalue weighted by atomic mass is 79.9. The maximum atomic E-state index is 5.79. The third-order valence-corrected chi connectivity index (χ3v) is 3.10. The van der Waals surface area contributed by atoms with E-state index in [-0.39, 0.29) is 17.7 Å². The number of nitrogens with one attached hydrogen (secondary N) is 1. The van der Waals surface area contributed by atoms with Crippen molar-refractivity contribution in [3.63, 3.8) is 0 Å². The third-order valence-electron chi connectivity index (χ3n) is 2.49. The summed E-state index contributed by atoms with van der Waals surface area (Å²) in [6.45, 7) is 10.7. The van der Waals surface area contributed by atoms with Gasteiger partial charge in [0.2, 0.25) is 0 Å². The molecule has 1 atom stereocenters. The molecule has 0 aliphatic heterocycles. The number of hydrogen-bond acceptors (Lipinski definition) is 4. The second kappa shape index (κ2) is 6.14. The number of ether oxygens (including phenoxy) is 1. The minimum atomic E-state index is -0.190. The molecule has 18 heavy (non-hydrogen) atoms. The second-order valence-electron chi connectivity index (χ2n) is 5.56. The maximum Gasteiger partial charge on any atom is 0.0874 e. The summed E-state index contributed by atoms with van der Waals surface area (Å²) in [7, 11) is 0. The summed E-state index contributed by atoms with van der Waals surface area (Å²) in [5.74, 6) is 5.64. The van der Waals surface area contributed by atoms with Gasteiger partial charge in [-0.1, -0.05) is 0 Å². The van der Waals surface area contributed by atoms with Gasteiger partial charge in [0.1, 0.15) is 0 Å². The molecule has 1 aromatic heterocycles. The molecule has 1 heterocycles. The topological polar surface area (TPSA) is 65.1 Å².